The number of aromatic nitrogens is 2. The van der Waals surface area contributed by atoms with Crippen LogP contribution in [0.4, 0.5) is 0 Å². The third-order valence-corrected chi connectivity index (χ3v) is 4.32. The minimum Gasteiger partial charge on any atom is -0.459 e. The zero-order valence-corrected chi connectivity index (χ0v) is 13.5. The van der Waals surface area contributed by atoms with Gasteiger partial charge >= 0.3 is 0 Å². The second-order valence-corrected chi connectivity index (χ2v) is 6.10. The van der Waals surface area contributed by atoms with Gasteiger partial charge in [-0.05, 0) is 18.6 Å². The monoisotopic (exact) mass is 325 g/mol. The Balaban J connectivity index is 1.50. The van der Waals surface area contributed by atoms with Crippen LogP contribution in [0.25, 0.3) is 11.0 Å². The predicted molar refractivity (Wildman–Crippen MR) is 88.8 cm³/mol. The lowest BCUT2D eigenvalue weighted by atomic mass is 10.0. The maximum atomic E-state index is 12.6. The van der Waals surface area contributed by atoms with Crippen LogP contribution >= 0.6 is 0 Å². The number of carbonyl (C=O) groups excluding carboxylic acids is 1. The molecule has 6 heteroatoms. The van der Waals surface area contributed by atoms with E-state index >= 15 is 0 Å². The van der Waals surface area contributed by atoms with Gasteiger partial charge in [0.25, 0.3) is 5.91 Å². The fourth-order valence-corrected chi connectivity index (χ4v) is 3.12. The molecule has 1 saturated heterocycles. The zero-order valence-electron chi connectivity index (χ0n) is 13.5. The van der Waals surface area contributed by atoms with Gasteiger partial charge in [0.15, 0.2) is 0 Å². The zero-order chi connectivity index (χ0) is 16.5. The SMILES string of the molecule is Cn1cc(C(=O)NCc2cc3ccccc3o2)c([C@H]2CCOC2)n1. The Bertz CT molecular complexity index is 842. The van der Waals surface area contributed by atoms with Crippen molar-refractivity contribution in [3.63, 3.8) is 0 Å². The van der Waals surface area contributed by atoms with Crippen LogP contribution in [-0.2, 0) is 18.3 Å². The van der Waals surface area contributed by atoms with Crippen molar-refractivity contribution in [1.29, 1.82) is 0 Å². The maximum Gasteiger partial charge on any atom is 0.255 e. The third kappa shape index (κ3) is 2.80. The highest BCUT2D eigenvalue weighted by Gasteiger charge is 2.26. The number of carbonyl (C=O) groups is 1. The lowest BCUT2D eigenvalue weighted by Crippen LogP contribution is -2.24. The summed E-state index contributed by atoms with van der Waals surface area (Å²) < 4.78 is 12.8. The molecule has 1 N–H and O–H groups in total. The van der Waals surface area contributed by atoms with E-state index in [1.54, 1.807) is 10.9 Å². The first-order chi connectivity index (χ1) is 11.7. The van der Waals surface area contributed by atoms with Gasteiger partial charge in [0.05, 0.1) is 24.4 Å². The molecule has 2 aromatic heterocycles. The van der Waals surface area contributed by atoms with Crippen LogP contribution in [0.5, 0.6) is 0 Å². The first kappa shape index (κ1) is 15.0. The van der Waals surface area contributed by atoms with Gasteiger partial charge in [0.1, 0.15) is 11.3 Å². The predicted octanol–water partition coefficient (Wildman–Crippen LogP) is 2.60. The van der Waals surface area contributed by atoms with Gasteiger partial charge in [-0.2, -0.15) is 5.10 Å². The molecule has 1 amide bonds. The number of ether oxygens (including phenoxy) is 1. The minimum absolute atomic E-state index is 0.134. The molecular formula is C18H19N3O3. The smallest absolute Gasteiger partial charge is 0.255 e. The van der Waals surface area contributed by atoms with Crippen molar-refractivity contribution in [2.75, 3.05) is 13.2 Å². The average molecular weight is 325 g/mol. The van der Waals surface area contributed by atoms with Gasteiger partial charge in [0.2, 0.25) is 0 Å². The summed E-state index contributed by atoms with van der Waals surface area (Å²) in [4.78, 5) is 12.6. The van der Waals surface area contributed by atoms with Gasteiger partial charge < -0.3 is 14.5 Å². The molecule has 6 nitrogen and oxygen atoms in total. The largest absolute Gasteiger partial charge is 0.459 e. The molecule has 1 aliphatic rings. The van der Waals surface area contributed by atoms with Crippen LogP contribution in [0.1, 0.15) is 34.2 Å². The van der Waals surface area contributed by atoms with Crippen molar-refractivity contribution in [2.45, 2.75) is 18.9 Å². The number of hydrogen-bond acceptors (Lipinski definition) is 4. The highest BCUT2D eigenvalue weighted by atomic mass is 16.5. The highest BCUT2D eigenvalue weighted by Crippen LogP contribution is 2.26. The van der Waals surface area contributed by atoms with Crippen LogP contribution in [0.15, 0.2) is 40.9 Å². The molecular weight excluding hydrogens is 306 g/mol. The maximum absolute atomic E-state index is 12.6. The molecule has 1 aromatic carbocycles. The van der Waals surface area contributed by atoms with E-state index in [1.165, 1.54) is 0 Å². The molecule has 1 atom stereocenters. The number of furan rings is 1. The fraction of sp³-hybridized carbons (Fsp3) is 0.333. The van der Waals surface area contributed by atoms with Crippen molar-refractivity contribution < 1.29 is 13.9 Å². The molecule has 3 heterocycles. The van der Waals surface area contributed by atoms with Crippen LogP contribution < -0.4 is 5.32 Å². The number of fused-ring (bicyclic) bond motifs is 1. The van der Waals surface area contributed by atoms with Gasteiger partial charge in [-0.25, -0.2) is 0 Å². The summed E-state index contributed by atoms with van der Waals surface area (Å²) in [5, 5.41) is 8.42. The quantitative estimate of drug-likeness (QED) is 0.800. The van der Waals surface area contributed by atoms with E-state index in [0.717, 1.165) is 35.5 Å². The Kier molecular flexibility index (Phi) is 3.82. The highest BCUT2D eigenvalue weighted by molar-refractivity contribution is 5.95. The molecule has 24 heavy (non-hydrogen) atoms. The number of hydrogen-bond donors (Lipinski definition) is 1. The lowest BCUT2D eigenvalue weighted by molar-refractivity contribution is 0.0946. The van der Waals surface area contributed by atoms with Crippen LogP contribution in [0.2, 0.25) is 0 Å². The second kappa shape index (κ2) is 6.13. The number of nitrogens with zero attached hydrogens (tertiary/aromatic N) is 2. The lowest BCUT2D eigenvalue weighted by Gasteiger charge is -2.07. The van der Waals surface area contributed by atoms with E-state index < -0.39 is 0 Å². The summed E-state index contributed by atoms with van der Waals surface area (Å²) in [5.74, 6) is 0.794. The Morgan fingerprint density at radius 3 is 3.08 bits per heavy atom. The summed E-state index contributed by atoms with van der Waals surface area (Å²) in [7, 11) is 1.83. The Morgan fingerprint density at radius 1 is 1.42 bits per heavy atom. The molecule has 0 aliphatic carbocycles. The molecule has 0 bridgehead atoms. The van der Waals surface area contributed by atoms with Crippen molar-refractivity contribution >= 4 is 16.9 Å². The van der Waals surface area contributed by atoms with Crippen molar-refractivity contribution in [3.05, 3.63) is 53.5 Å². The normalized spacial score (nSPS) is 17.5. The molecule has 0 saturated carbocycles. The summed E-state index contributed by atoms with van der Waals surface area (Å²) in [6.45, 7) is 1.70. The summed E-state index contributed by atoms with van der Waals surface area (Å²) >= 11 is 0. The van der Waals surface area contributed by atoms with E-state index in [2.05, 4.69) is 10.4 Å². The molecule has 0 spiro atoms. The van der Waals surface area contributed by atoms with Crippen molar-refractivity contribution in [3.8, 4) is 0 Å². The average Bonchev–Trinajstić information content (AvgIpc) is 3.30. The van der Waals surface area contributed by atoms with Gasteiger partial charge in [-0.15, -0.1) is 0 Å². The molecule has 0 unspecified atom stereocenters. The molecule has 0 radical (unpaired) electrons. The number of rotatable bonds is 4. The Hall–Kier alpha value is -2.60. The number of nitrogens with one attached hydrogen (secondary N) is 1. The standard InChI is InChI=1S/C18H19N3O3/c1-21-10-15(17(20-21)13-6-7-23-11-13)18(22)19-9-14-8-12-4-2-3-5-16(12)24-14/h2-5,8,10,13H,6-7,9,11H2,1H3,(H,19,22)/t13-/m0/s1. The van der Waals surface area contributed by atoms with Crippen molar-refractivity contribution in [2.24, 2.45) is 7.05 Å². The van der Waals surface area contributed by atoms with E-state index in [1.807, 2.05) is 37.4 Å². The van der Waals surface area contributed by atoms with Gasteiger partial charge in [-0.1, -0.05) is 18.2 Å². The number of para-hydroxylation sites is 1. The molecule has 4 rings (SSSR count). The van der Waals surface area contributed by atoms with Crippen LogP contribution in [-0.4, -0.2) is 28.9 Å². The van der Waals surface area contributed by atoms with Crippen LogP contribution in [0, 0.1) is 0 Å². The fourth-order valence-electron chi connectivity index (χ4n) is 3.12. The number of aryl methyl sites for hydroxylation is 1. The first-order valence-electron chi connectivity index (χ1n) is 8.07. The van der Waals surface area contributed by atoms with Crippen LogP contribution in [0.3, 0.4) is 0 Å². The van der Waals surface area contributed by atoms with E-state index in [0.29, 0.717) is 18.7 Å². The second-order valence-electron chi connectivity index (χ2n) is 6.10. The summed E-state index contributed by atoms with van der Waals surface area (Å²) in [6, 6.07) is 9.75. The summed E-state index contributed by atoms with van der Waals surface area (Å²) in [6.07, 6.45) is 2.67. The molecule has 1 aliphatic heterocycles. The molecule has 124 valence electrons. The van der Waals surface area contributed by atoms with E-state index in [4.69, 9.17) is 9.15 Å². The minimum atomic E-state index is -0.134. The van der Waals surface area contributed by atoms with Gasteiger partial charge in [-0.3, -0.25) is 9.48 Å². The number of amides is 1. The third-order valence-electron chi connectivity index (χ3n) is 4.32. The first-order valence-corrected chi connectivity index (χ1v) is 8.07. The molecule has 3 aromatic rings. The topological polar surface area (TPSA) is 69.3 Å². The van der Waals surface area contributed by atoms with Gasteiger partial charge in [0, 0.05) is 31.2 Å². The summed E-state index contributed by atoms with van der Waals surface area (Å²) in [5.41, 5.74) is 2.26. The van der Waals surface area contributed by atoms with Crippen molar-refractivity contribution in [1.82, 2.24) is 15.1 Å². The number of benzene rings is 1. The van der Waals surface area contributed by atoms with E-state index in [9.17, 15) is 4.79 Å². The Morgan fingerprint density at radius 2 is 2.29 bits per heavy atom. The van der Waals surface area contributed by atoms with E-state index in [-0.39, 0.29) is 11.8 Å². The Labute approximate surface area is 139 Å². The molecule has 1 fully saturated rings.